The zero-order valence-corrected chi connectivity index (χ0v) is 44.4. The van der Waals surface area contributed by atoms with Crippen LogP contribution < -0.4 is 19.4 Å². The van der Waals surface area contributed by atoms with Crippen LogP contribution >= 0.6 is 0 Å². The summed E-state index contributed by atoms with van der Waals surface area (Å²) in [6.45, 7) is 13.3. The van der Waals surface area contributed by atoms with Gasteiger partial charge in [0, 0.05) is 57.9 Å². The molecular weight excluding hydrogens is 964 g/mol. The molecule has 0 unspecified atom stereocenters. The Morgan fingerprint density at radius 2 is 0.687 bits per heavy atom. The molecule has 8 bridgehead atoms. The topological polar surface area (TPSA) is 256 Å². The van der Waals surface area contributed by atoms with E-state index in [1.807, 2.05) is 125 Å². The van der Waals surface area contributed by atoms with Crippen molar-refractivity contribution in [2.75, 3.05) is 25.6 Å². The van der Waals surface area contributed by atoms with E-state index in [0.29, 0.717) is 59.0 Å². The molecule has 3 N–H and O–H groups in total. The Morgan fingerprint density at radius 1 is 0.463 bits per heavy atom. The van der Waals surface area contributed by atoms with Crippen LogP contribution in [-0.2, 0) is 50.0 Å². The third-order valence-electron chi connectivity index (χ3n) is 9.06. The number of sulfonamides is 2. The van der Waals surface area contributed by atoms with Gasteiger partial charge in [0.15, 0.2) is 0 Å². The van der Waals surface area contributed by atoms with Gasteiger partial charge in [-0.15, -0.1) is 0 Å². The molecule has 9 rings (SSSR count). The van der Waals surface area contributed by atoms with Crippen LogP contribution in [0.3, 0.4) is 0 Å². The molecule has 0 fully saturated rings. The van der Waals surface area contributed by atoms with E-state index < -0.39 is 30.5 Å². The van der Waals surface area contributed by atoms with Crippen molar-refractivity contribution in [3.8, 4) is 45.6 Å². The summed E-state index contributed by atoms with van der Waals surface area (Å²) in [5.74, 6) is 2.21. The number of unbranched alkanes of at least 4 members (excludes halogenated alkanes) is 1. The smallest absolute Gasteiger partial charge is 0.357 e. The van der Waals surface area contributed by atoms with Crippen molar-refractivity contribution >= 4 is 74.7 Å². The van der Waals surface area contributed by atoms with Crippen LogP contribution in [0.25, 0.3) is 89.7 Å². The molecule has 0 atom stereocenters. The average molecular weight is 1020 g/mol. The molecule has 67 heavy (non-hydrogen) atoms. The SMILES string of the molecule is CC.CCCC.CCCNS(C)(=O)=O.CCCNS(C)(=O)=O.N=S(=O)=O.[Zn+2].c1ccc2c(c1)-c1nc-2nc2[n-]c(nc3nc(nc4[n-]c(n1)c1ccccc41)-c1ccccc1-3)c1ccccc21. The van der Waals surface area contributed by atoms with Gasteiger partial charge in [0.05, 0.1) is 35.8 Å². The fraction of sp³-hybridized carbons (Fsp3) is 0.304. The van der Waals surface area contributed by atoms with Gasteiger partial charge in [0.25, 0.3) is 0 Å². The molecule has 0 saturated carbocycles. The minimum Gasteiger partial charge on any atom is -0.357 e. The Hall–Kier alpha value is -5.70. The second kappa shape index (κ2) is 26.6. The van der Waals surface area contributed by atoms with Crippen molar-refractivity contribution in [2.24, 2.45) is 0 Å². The van der Waals surface area contributed by atoms with Crippen LogP contribution in [0.15, 0.2) is 97.1 Å². The Morgan fingerprint density at radius 3 is 0.866 bits per heavy atom. The van der Waals surface area contributed by atoms with Gasteiger partial charge in [-0.05, 0) is 34.4 Å². The molecule has 2 aliphatic heterocycles. The van der Waals surface area contributed by atoms with E-state index in [2.05, 4.69) is 23.3 Å². The van der Waals surface area contributed by atoms with Crippen LogP contribution in [-0.4, -0.2) is 80.8 Å². The zero-order chi connectivity index (χ0) is 48.4. The fourth-order valence-corrected chi connectivity index (χ4v) is 7.18. The van der Waals surface area contributed by atoms with Gasteiger partial charge in [-0.2, -0.15) is 13.2 Å². The van der Waals surface area contributed by atoms with Crippen LogP contribution in [0.5, 0.6) is 0 Å². The van der Waals surface area contributed by atoms with Gasteiger partial charge >= 0.3 is 30.0 Å². The van der Waals surface area contributed by atoms with Gasteiger partial charge in [-0.3, -0.25) is 0 Å². The van der Waals surface area contributed by atoms with E-state index in [0.717, 1.165) is 69.2 Å². The molecule has 3 aromatic heterocycles. The summed E-state index contributed by atoms with van der Waals surface area (Å²) in [4.78, 5) is 39.3. The van der Waals surface area contributed by atoms with Crippen molar-refractivity contribution in [3.63, 3.8) is 0 Å². The molecule has 17 nitrogen and oxygen atoms in total. The summed E-state index contributed by atoms with van der Waals surface area (Å²) < 4.78 is 68.6. The van der Waals surface area contributed by atoms with Gasteiger partial charge in [-0.1, -0.05) is 151 Å². The third-order valence-corrected chi connectivity index (χ3v) is 10.5. The van der Waals surface area contributed by atoms with E-state index in [9.17, 15) is 16.8 Å². The molecule has 0 saturated heterocycles. The summed E-state index contributed by atoms with van der Waals surface area (Å²) in [6.07, 6.45) is 6.63. The van der Waals surface area contributed by atoms with Crippen LogP contribution in [0.2, 0.25) is 0 Å². The van der Waals surface area contributed by atoms with Gasteiger partial charge in [0.1, 0.15) is 0 Å². The van der Waals surface area contributed by atoms with Crippen molar-refractivity contribution in [1.82, 2.24) is 49.3 Å². The molecule has 4 aromatic carbocycles. The number of hydrogen-bond acceptors (Lipinski definition) is 13. The first-order valence-electron chi connectivity index (χ1n) is 21.4. The van der Waals surface area contributed by atoms with E-state index >= 15 is 0 Å². The molecule has 350 valence electrons. The van der Waals surface area contributed by atoms with Crippen molar-refractivity contribution in [2.45, 2.75) is 67.2 Å². The minimum atomic E-state index is -2.94. The van der Waals surface area contributed by atoms with Gasteiger partial charge in [0.2, 0.25) is 20.0 Å². The van der Waals surface area contributed by atoms with Crippen LogP contribution in [0, 0.1) is 4.78 Å². The van der Waals surface area contributed by atoms with Crippen LogP contribution in [0.4, 0.5) is 0 Å². The van der Waals surface area contributed by atoms with Gasteiger partial charge in [-0.25, -0.2) is 36.2 Å². The second-order valence-electron chi connectivity index (χ2n) is 14.2. The molecule has 0 amide bonds. The number of aromatic nitrogens is 8. The number of benzene rings is 4. The number of nitrogens with one attached hydrogen (secondary N) is 3. The van der Waals surface area contributed by atoms with Crippen molar-refractivity contribution in [1.29, 1.82) is 4.78 Å². The van der Waals surface area contributed by atoms with E-state index in [-0.39, 0.29) is 19.5 Å². The Bertz CT molecular complexity index is 2910. The Labute approximate surface area is 406 Å². The Kier molecular flexibility index (Phi) is 22.1. The predicted octanol–water partition coefficient (Wildman–Crippen LogP) is 8.48. The van der Waals surface area contributed by atoms with E-state index in [4.69, 9.17) is 53.1 Å². The number of hydrogen-bond donors (Lipinski definition) is 3. The number of nitrogens with zero attached hydrogens (tertiary/aromatic N) is 8. The molecule has 21 heteroatoms. The normalized spacial score (nSPS) is 10.9. The largest absolute Gasteiger partial charge is 2.00 e. The summed E-state index contributed by atoms with van der Waals surface area (Å²) >= 11 is 0. The summed E-state index contributed by atoms with van der Waals surface area (Å²) in [5, 5.41) is 3.57. The summed E-state index contributed by atoms with van der Waals surface area (Å²) in [7, 11) is -8.48. The van der Waals surface area contributed by atoms with Crippen LogP contribution in [0.1, 0.15) is 67.2 Å². The maximum atomic E-state index is 10.3. The molecular formula is C46H55N11O6S3Zn. The maximum Gasteiger partial charge on any atom is 2.00 e. The Balaban J connectivity index is 0.000000367. The number of fused-ring (bicyclic) bond motifs is 20. The molecule has 2 aliphatic rings. The quantitative estimate of drug-likeness (QED) is 0.127. The fourth-order valence-electron chi connectivity index (χ4n) is 6.03. The molecule has 0 aliphatic carbocycles. The van der Waals surface area contributed by atoms with E-state index in [1.54, 1.807) is 0 Å². The molecule has 5 heterocycles. The molecule has 0 spiro atoms. The first-order valence-corrected chi connectivity index (χ1v) is 26.2. The molecule has 7 aromatic rings. The second-order valence-corrected chi connectivity index (χ2v) is 18.4. The number of rotatable bonds is 7. The van der Waals surface area contributed by atoms with Gasteiger partial charge < -0.3 is 29.9 Å². The zero-order valence-electron chi connectivity index (χ0n) is 38.9. The third kappa shape index (κ3) is 16.0. The minimum absolute atomic E-state index is 0. The first-order chi connectivity index (χ1) is 31.6. The van der Waals surface area contributed by atoms with Crippen molar-refractivity contribution in [3.05, 3.63) is 97.1 Å². The van der Waals surface area contributed by atoms with Crippen molar-refractivity contribution < 1.29 is 44.7 Å². The predicted molar refractivity (Wildman–Crippen MR) is 264 cm³/mol. The average Bonchev–Trinajstić information content (AvgIpc) is 4.04. The molecule has 0 radical (unpaired) electrons. The maximum absolute atomic E-state index is 10.3. The summed E-state index contributed by atoms with van der Waals surface area (Å²) in [5.41, 5.74) is 5.78. The van der Waals surface area contributed by atoms with E-state index in [1.165, 1.54) is 12.8 Å². The first kappa shape index (κ1) is 55.6. The monoisotopic (exact) mass is 1020 g/mol. The standard InChI is InChI=1S/C32H16N8.2C4H11NO2S.C4H10.C2H6.HNO2S.Zn/c1-2-10-18-17(9-1)25-33-26(18)38-28-21-13-5-6-14-22(21)30(35-28)40-32-24-16-8-7-15-23(24)31(36-32)39-29-20-12-4-3-11-19(20)27(34-29)37-25;2*1-3-4-5-8(2,6)7;1-3-4-2;1-2;1-4(2)3;/h1-16H;2*5H,3-4H2,1-2H3;3-4H2,1-2H3;1-2H3;1H;/q-2;;;;;;+2. The summed E-state index contributed by atoms with van der Waals surface area (Å²) in [6, 6.07) is 31.8.